The molecule has 6 nitrogen and oxygen atoms in total. The monoisotopic (exact) mass is 375 g/mol. The fourth-order valence-electron chi connectivity index (χ4n) is 3.66. The number of aromatic nitrogens is 4. The van der Waals surface area contributed by atoms with Gasteiger partial charge in [-0.15, -0.1) is 0 Å². The lowest BCUT2D eigenvalue weighted by molar-refractivity contribution is 0.0971. The molecule has 144 valence electrons. The Morgan fingerprint density at radius 2 is 2.04 bits per heavy atom. The maximum atomic E-state index is 12.7. The van der Waals surface area contributed by atoms with Crippen LogP contribution >= 0.6 is 0 Å². The van der Waals surface area contributed by atoms with Crippen molar-refractivity contribution in [1.29, 1.82) is 0 Å². The topological polar surface area (TPSA) is 48.1 Å². The van der Waals surface area contributed by atoms with Gasteiger partial charge in [-0.25, -0.2) is 8.78 Å². The number of nitrogens with zero attached hydrogens (tertiary/aromatic N) is 5. The molecule has 0 saturated carbocycles. The summed E-state index contributed by atoms with van der Waals surface area (Å²) in [6, 6.07) is 7.49. The van der Waals surface area contributed by atoms with Gasteiger partial charge in [0.15, 0.2) is 0 Å². The highest BCUT2D eigenvalue weighted by Crippen LogP contribution is 2.29. The molecule has 0 amide bonds. The van der Waals surface area contributed by atoms with Crippen LogP contribution in [0.5, 0.6) is 5.75 Å². The van der Waals surface area contributed by atoms with E-state index in [2.05, 4.69) is 15.1 Å². The molecule has 0 bridgehead atoms. The van der Waals surface area contributed by atoms with E-state index >= 15 is 0 Å². The number of alkyl halides is 2. The summed E-state index contributed by atoms with van der Waals surface area (Å²) in [5, 5.41) is 9.32. The highest BCUT2D eigenvalue weighted by Gasteiger charge is 2.22. The van der Waals surface area contributed by atoms with Gasteiger partial charge < -0.3 is 9.30 Å². The zero-order valence-corrected chi connectivity index (χ0v) is 15.3. The molecule has 1 aromatic carbocycles. The second-order valence-corrected chi connectivity index (χ2v) is 6.97. The van der Waals surface area contributed by atoms with E-state index in [-0.39, 0.29) is 12.6 Å². The van der Waals surface area contributed by atoms with E-state index in [0.29, 0.717) is 0 Å². The van der Waals surface area contributed by atoms with Gasteiger partial charge in [0.25, 0.3) is 6.43 Å². The van der Waals surface area contributed by atoms with Crippen LogP contribution in [0.25, 0.3) is 10.9 Å². The third kappa shape index (κ3) is 4.10. The third-order valence-corrected chi connectivity index (χ3v) is 4.97. The van der Waals surface area contributed by atoms with E-state index < -0.39 is 6.43 Å². The minimum absolute atomic E-state index is 0.132. The average Bonchev–Trinajstić information content (AvgIpc) is 3.23. The van der Waals surface area contributed by atoms with Crippen LogP contribution in [0.2, 0.25) is 0 Å². The number of ether oxygens (including phenoxy) is 1. The Morgan fingerprint density at radius 1 is 1.22 bits per heavy atom. The molecule has 0 radical (unpaired) electrons. The molecular formula is C19H23F2N5O. The Labute approximate surface area is 156 Å². The van der Waals surface area contributed by atoms with E-state index in [0.717, 1.165) is 54.8 Å². The maximum absolute atomic E-state index is 12.7. The SMILES string of the molecule is Cn1ncc(CN2CCC(Oc3cccc4c3ccn4CC(F)F)CC2)n1. The molecule has 0 N–H and O–H groups in total. The van der Waals surface area contributed by atoms with Crippen molar-refractivity contribution < 1.29 is 13.5 Å². The van der Waals surface area contributed by atoms with Crippen molar-refractivity contribution in [2.45, 2.75) is 38.5 Å². The molecule has 3 aromatic rings. The average molecular weight is 375 g/mol. The van der Waals surface area contributed by atoms with Gasteiger partial charge in [0.1, 0.15) is 11.9 Å². The first kappa shape index (κ1) is 17.9. The van der Waals surface area contributed by atoms with Crippen LogP contribution in [0.4, 0.5) is 8.78 Å². The molecule has 27 heavy (non-hydrogen) atoms. The van der Waals surface area contributed by atoms with Crippen LogP contribution in [-0.2, 0) is 20.1 Å². The predicted octanol–water partition coefficient (Wildman–Crippen LogP) is 3.08. The van der Waals surface area contributed by atoms with Gasteiger partial charge in [0.05, 0.1) is 24.0 Å². The van der Waals surface area contributed by atoms with Gasteiger partial charge in [-0.2, -0.15) is 15.0 Å². The summed E-state index contributed by atoms with van der Waals surface area (Å²) in [5.74, 6) is 0.771. The molecule has 2 aromatic heterocycles. The fraction of sp³-hybridized carbons (Fsp3) is 0.474. The Bertz CT molecular complexity index is 899. The van der Waals surface area contributed by atoms with Crippen LogP contribution in [0.15, 0.2) is 36.7 Å². The number of hydrogen-bond donors (Lipinski definition) is 0. The van der Waals surface area contributed by atoms with E-state index in [4.69, 9.17) is 4.74 Å². The molecule has 1 aliphatic rings. The normalized spacial score (nSPS) is 16.4. The van der Waals surface area contributed by atoms with Crippen molar-refractivity contribution >= 4 is 10.9 Å². The summed E-state index contributed by atoms with van der Waals surface area (Å²) >= 11 is 0. The van der Waals surface area contributed by atoms with Crippen molar-refractivity contribution in [1.82, 2.24) is 24.5 Å². The number of aryl methyl sites for hydroxylation is 1. The van der Waals surface area contributed by atoms with Crippen LogP contribution in [0.1, 0.15) is 18.5 Å². The first-order valence-corrected chi connectivity index (χ1v) is 9.18. The number of piperidine rings is 1. The fourth-order valence-corrected chi connectivity index (χ4v) is 3.66. The molecule has 1 saturated heterocycles. The predicted molar refractivity (Wildman–Crippen MR) is 97.9 cm³/mol. The smallest absolute Gasteiger partial charge is 0.256 e. The molecule has 8 heteroatoms. The summed E-state index contributed by atoms with van der Waals surface area (Å²) in [4.78, 5) is 3.93. The number of hydrogen-bond acceptors (Lipinski definition) is 4. The molecule has 0 aliphatic carbocycles. The summed E-state index contributed by atoms with van der Waals surface area (Å²) in [5.41, 5.74) is 1.76. The molecule has 1 aliphatic heterocycles. The second-order valence-electron chi connectivity index (χ2n) is 6.97. The van der Waals surface area contributed by atoms with Crippen molar-refractivity contribution in [2.24, 2.45) is 7.05 Å². The molecule has 1 fully saturated rings. The standard InChI is InChI=1S/C19H23F2N5O/c1-24-22-11-14(23-24)12-25-8-5-15(6-9-25)27-18-4-2-3-17-16(18)7-10-26(17)13-19(20)21/h2-4,7,10-11,15,19H,5-6,8-9,12-13H2,1H3. The Balaban J connectivity index is 1.38. The molecule has 4 rings (SSSR count). The highest BCUT2D eigenvalue weighted by atomic mass is 19.3. The molecule has 0 spiro atoms. The first-order valence-electron chi connectivity index (χ1n) is 9.18. The lowest BCUT2D eigenvalue weighted by atomic mass is 10.1. The summed E-state index contributed by atoms with van der Waals surface area (Å²) < 4.78 is 33.3. The van der Waals surface area contributed by atoms with Crippen molar-refractivity contribution in [3.63, 3.8) is 0 Å². The third-order valence-electron chi connectivity index (χ3n) is 4.97. The Morgan fingerprint density at radius 3 is 2.74 bits per heavy atom. The highest BCUT2D eigenvalue weighted by molar-refractivity contribution is 5.86. The van der Waals surface area contributed by atoms with Gasteiger partial charge in [-0.1, -0.05) is 6.07 Å². The van der Waals surface area contributed by atoms with E-state index in [9.17, 15) is 8.78 Å². The second kappa shape index (κ2) is 7.64. The number of benzene rings is 1. The zero-order chi connectivity index (χ0) is 18.8. The molecular weight excluding hydrogens is 352 g/mol. The maximum Gasteiger partial charge on any atom is 0.256 e. The zero-order valence-electron chi connectivity index (χ0n) is 15.3. The van der Waals surface area contributed by atoms with Crippen molar-refractivity contribution in [2.75, 3.05) is 13.1 Å². The summed E-state index contributed by atoms with van der Waals surface area (Å²) in [6.07, 6.45) is 3.11. The number of likely N-dealkylation sites (tertiary alicyclic amines) is 1. The van der Waals surface area contributed by atoms with Gasteiger partial charge in [0, 0.05) is 38.3 Å². The Hall–Kier alpha value is -2.48. The summed E-state index contributed by atoms with van der Waals surface area (Å²) in [6.45, 7) is 2.37. The van der Waals surface area contributed by atoms with Gasteiger partial charge in [-0.3, -0.25) is 4.90 Å². The molecule has 0 atom stereocenters. The lowest BCUT2D eigenvalue weighted by Crippen LogP contribution is -2.37. The quantitative estimate of drug-likeness (QED) is 0.664. The van der Waals surface area contributed by atoms with Crippen LogP contribution in [-0.4, -0.2) is 50.1 Å². The van der Waals surface area contributed by atoms with Crippen LogP contribution < -0.4 is 4.74 Å². The number of rotatable bonds is 6. The van der Waals surface area contributed by atoms with Crippen molar-refractivity contribution in [3.05, 3.63) is 42.4 Å². The van der Waals surface area contributed by atoms with Crippen LogP contribution in [0, 0.1) is 0 Å². The number of halogens is 2. The minimum atomic E-state index is -2.37. The Kier molecular flexibility index (Phi) is 5.07. The first-order chi connectivity index (χ1) is 13.1. The number of fused-ring (bicyclic) bond motifs is 1. The molecule has 3 heterocycles. The lowest BCUT2D eigenvalue weighted by Gasteiger charge is -2.31. The van der Waals surface area contributed by atoms with Crippen molar-refractivity contribution in [3.8, 4) is 5.75 Å². The van der Waals surface area contributed by atoms with E-state index in [1.54, 1.807) is 21.8 Å². The van der Waals surface area contributed by atoms with E-state index in [1.807, 2.05) is 31.3 Å². The largest absolute Gasteiger partial charge is 0.490 e. The van der Waals surface area contributed by atoms with Gasteiger partial charge in [-0.05, 0) is 31.0 Å². The minimum Gasteiger partial charge on any atom is -0.490 e. The summed E-state index contributed by atoms with van der Waals surface area (Å²) in [7, 11) is 1.82. The molecule has 0 unspecified atom stereocenters. The van der Waals surface area contributed by atoms with Gasteiger partial charge >= 0.3 is 0 Å². The van der Waals surface area contributed by atoms with Crippen LogP contribution in [0.3, 0.4) is 0 Å². The van der Waals surface area contributed by atoms with E-state index in [1.165, 1.54) is 0 Å². The van der Waals surface area contributed by atoms with Gasteiger partial charge in [0.2, 0.25) is 0 Å².